The van der Waals surface area contributed by atoms with Crippen LogP contribution in [-0.4, -0.2) is 33.8 Å². The van der Waals surface area contributed by atoms with E-state index in [1.807, 2.05) is 30.7 Å². The molecule has 8 heteroatoms. The lowest BCUT2D eigenvalue weighted by Gasteiger charge is -2.07. The van der Waals surface area contributed by atoms with Crippen LogP contribution in [0.25, 0.3) is 5.69 Å². The molecule has 3 aromatic rings. The highest BCUT2D eigenvalue weighted by atomic mass is 32.1. The summed E-state index contributed by atoms with van der Waals surface area (Å²) in [5.74, 6) is -0.396. The molecule has 7 nitrogen and oxygen atoms in total. The van der Waals surface area contributed by atoms with Crippen LogP contribution < -0.4 is 5.32 Å². The predicted octanol–water partition coefficient (Wildman–Crippen LogP) is 4.18. The fourth-order valence-corrected chi connectivity index (χ4v) is 4.99. The molecule has 2 aromatic heterocycles. The average Bonchev–Trinajstić information content (AvgIpc) is 3.31. The fraction of sp³-hybridized carbons (Fsp3) is 0.391. The van der Waals surface area contributed by atoms with Gasteiger partial charge in [0.15, 0.2) is 5.13 Å². The van der Waals surface area contributed by atoms with Crippen LogP contribution in [0.4, 0.5) is 5.13 Å². The highest BCUT2D eigenvalue weighted by molar-refractivity contribution is 7.15. The number of hydrogen-bond donors (Lipinski definition) is 1. The van der Waals surface area contributed by atoms with Crippen LogP contribution >= 0.6 is 11.3 Å². The maximum Gasteiger partial charge on any atom is 0.305 e. The smallest absolute Gasteiger partial charge is 0.305 e. The molecule has 0 saturated carbocycles. The monoisotopic (exact) mass is 438 g/mol. The van der Waals surface area contributed by atoms with Crippen LogP contribution in [-0.2, 0) is 28.8 Å². The maximum atomic E-state index is 12.7. The molecule has 1 aliphatic carbocycles. The van der Waals surface area contributed by atoms with Crippen molar-refractivity contribution in [3.05, 3.63) is 57.4 Å². The van der Waals surface area contributed by atoms with Gasteiger partial charge in [0.05, 0.1) is 24.2 Å². The van der Waals surface area contributed by atoms with Crippen molar-refractivity contribution in [1.82, 2.24) is 14.8 Å². The summed E-state index contributed by atoms with van der Waals surface area (Å²) in [6.07, 6.45) is 5.33. The zero-order chi connectivity index (χ0) is 22.0. The Balaban J connectivity index is 1.47. The van der Waals surface area contributed by atoms with E-state index in [0.717, 1.165) is 41.2 Å². The Morgan fingerprint density at radius 1 is 1.16 bits per heavy atom. The van der Waals surface area contributed by atoms with E-state index in [9.17, 15) is 9.59 Å². The van der Waals surface area contributed by atoms with Crippen molar-refractivity contribution < 1.29 is 14.3 Å². The van der Waals surface area contributed by atoms with Crippen molar-refractivity contribution in [3.8, 4) is 5.69 Å². The molecule has 2 heterocycles. The Morgan fingerprint density at radius 3 is 2.61 bits per heavy atom. The molecule has 0 spiro atoms. The van der Waals surface area contributed by atoms with Gasteiger partial charge in [-0.1, -0.05) is 0 Å². The van der Waals surface area contributed by atoms with Gasteiger partial charge in [-0.25, -0.2) is 9.67 Å². The van der Waals surface area contributed by atoms with Gasteiger partial charge in [0.2, 0.25) is 0 Å². The van der Waals surface area contributed by atoms with Gasteiger partial charge in [-0.3, -0.25) is 14.9 Å². The Hall–Kier alpha value is -3.00. The average molecular weight is 439 g/mol. The van der Waals surface area contributed by atoms with Crippen molar-refractivity contribution in [2.75, 3.05) is 12.4 Å². The third-order valence-corrected chi connectivity index (χ3v) is 6.76. The number of rotatable bonds is 6. The second-order valence-corrected chi connectivity index (χ2v) is 8.82. The molecule has 1 N–H and O–H groups in total. The molecule has 1 amide bonds. The number of hydrogen-bond acceptors (Lipinski definition) is 6. The number of carbonyl (C=O) groups is 2. The number of thiazole rings is 1. The zero-order valence-corrected chi connectivity index (χ0v) is 18.8. The minimum Gasteiger partial charge on any atom is -0.469 e. The molecule has 0 saturated heterocycles. The lowest BCUT2D eigenvalue weighted by Crippen LogP contribution is -2.12. The minimum absolute atomic E-state index is 0.162. The van der Waals surface area contributed by atoms with Gasteiger partial charge in [-0.15, -0.1) is 11.3 Å². The standard InChI is InChI=1S/C23H26N4O3S/c1-14-18(12-13-21(28)30-3)15(2)27(26-14)17-10-8-16(9-11-17)22(29)25-23-24-19-6-4-5-7-20(19)31-23/h8-11H,4-7,12-13H2,1-3H3,(H,24,25,29). The number of aromatic nitrogens is 3. The Kier molecular flexibility index (Phi) is 6.18. The van der Waals surface area contributed by atoms with E-state index in [1.54, 1.807) is 23.5 Å². The van der Waals surface area contributed by atoms with Crippen LogP contribution in [0.3, 0.4) is 0 Å². The van der Waals surface area contributed by atoms with Crippen LogP contribution in [0.1, 0.15) is 57.1 Å². The van der Waals surface area contributed by atoms with E-state index in [1.165, 1.54) is 24.8 Å². The van der Waals surface area contributed by atoms with Crippen LogP contribution in [0.5, 0.6) is 0 Å². The van der Waals surface area contributed by atoms with E-state index < -0.39 is 0 Å². The number of fused-ring (bicyclic) bond motifs is 1. The second kappa shape index (κ2) is 9.01. The molecule has 0 fully saturated rings. The summed E-state index contributed by atoms with van der Waals surface area (Å²) in [5, 5.41) is 8.23. The summed E-state index contributed by atoms with van der Waals surface area (Å²) in [6, 6.07) is 7.35. The van der Waals surface area contributed by atoms with Crippen molar-refractivity contribution in [2.45, 2.75) is 52.4 Å². The molecule has 162 valence electrons. The molecule has 0 unspecified atom stereocenters. The Morgan fingerprint density at radius 2 is 1.90 bits per heavy atom. The lowest BCUT2D eigenvalue weighted by molar-refractivity contribution is -0.140. The van der Waals surface area contributed by atoms with Crippen molar-refractivity contribution in [1.29, 1.82) is 0 Å². The first-order chi connectivity index (χ1) is 15.0. The molecule has 1 aliphatic rings. The van der Waals surface area contributed by atoms with Gasteiger partial charge in [0.25, 0.3) is 5.91 Å². The first-order valence-corrected chi connectivity index (χ1v) is 11.3. The first kappa shape index (κ1) is 21.2. The van der Waals surface area contributed by atoms with E-state index in [2.05, 4.69) is 15.4 Å². The Bertz CT molecular complexity index is 1090. The number of ether oxygens (including phenoxy) is 1. The number of anilines is 1. The summed E-state index contributed by atoms with van der Waals surface area (Å²) in [4.78, 5) is 30.0. The number of amides is 1. The normalized spacial score (nSPS) is 13.0. The van der Waals surface area contributed by atoms with Crippen LogP contribution in [0.2, 0.25) is 0 Å². The van der Waals surface area contributed by atoms with E-state index in [0.29, 0.717) is 23.5 Å². The minimum atomic E-state index is -0.233. The van der Waals surface area contributed by atoms with Crippen molar-refractivity contribution in [2.24, 2.45) is 0 Å². The highest BCUT2D eigenvalue weighted by Crippen LogP contribution is 2.30. The van der Waals surface area contributed by atoms with Gasteiger partial charge in [0.1, 0.15) is 0 Å². The Labute approximate surface area is 185 Å². The molecule has 0 bridgehead atoms. The maximum absolute atomic E-state index is 12.7. The number of nitrogens with zero attached hydrogens (tertiary/aromatic N) is 3. The van der Waals surface area contributed by atoms with Gasteiger partial charge >= 0.3 is 5.97 Å². The number of esters is 1. The molecule has 4 rings (SSSR count). The topological polar surface area (TPSA) is 86.1 Å². The summed E-state index contributed by atoms with van der Waals surface area (Å²) >= 11 is 1.58. The van der Waals surface area contributed by atoms with Crippen molar-refractivity contribution >= 4 is 28.3 Å². The zero-order valence-electron chi connectivity index (χ0n) is 18.0. The lowest BCUT2D eigenvalue weighted by atomic mass is 10.0. The largest absolute Gasteiger partial charge is 0.469 e. The van der Waals surface area contributed by atoms with Gasteiger partial charge < -0.3 is 4.74 Å². The highest BCUT2D eigenvalue weighted by Gasteiger charge is 2.18. The first-order valence-electron chi connectivity index (χ1n) is 10.5. The van der Waals surface area contributed by atoms with Gasteiger partial charge in [-0.2, -0.15) is 5.10 Å². The number of benzene rings is 1. The summed E-state index contributed by atoms with van der Waals surface area (Å²) < 4.78 is 6.58. The van der Waals surface area contributed by atoms with Crippen LogP contribution in [0, 0.1) is 13.8 Å². The molecule has 0 radical (unpaired) electrons. The molecule has 1 aromatic carbocycles. The molecule has 31 heavy (non-hydrogen) atoms. The molecule has 0 aliphatic heterocycles. The third kappa shape index (κ3) is 4.54. The number of carbonyl (C=O) groups excluding carboxylic acids is 2. The summed E-state index contributed by atoms with van der Waals surface area (Å²) in [5.41, 5.74) is 5.48. The van der Waals surface area contributed by atoms with Crippen LogP contribution in [0.15, 0.2) is 24.3 Å². The van der Waals surface area contributed by atoms with Crippen molar-refractivity contribution in [3.63, 3.8) is 0 Å². The van der Waals surface area contributed by atoms with Gasteiger partial charge in [0, 0.05) is 22.6 Å². The van der Waals surface area contributed by atoms with E-state index >= 15 is 0 Å². The third-order valence-electron chi connectivity index (χ3n) is 5.69. The SMILES string of the molecule is COC(=O)CCc1c(C)nn(-c2ccc(C(=O)Nc3nc4c(s3)CCCC4)cc2)c1C. The van der Waals surface area contributed by atoms with E-state index in [4.69, 9.17) is 4.74 Å². The fourth-order valence-electron chi connectivity index (χ4n) is 3.95. The number of aryl methyl sites for hydroxylation is 3. The quantitative estimate of drug-likeness (QED) is 0.584. The summed E-state index contributed by atoms with van der Waals surface area (Å²) in [6.45, 7) is 3.92. The molecular formula is C23H26N4O3S. The molecule has 0 atom stereocenters. The second-order valence-electron chi connectivity index (χ2n) is 7.73. The predicted molar refractivity (Wildman–Crippen MR) is 120 cm³/mol. The molecular weight excluding hydrogens is 412 g/mol. The summed E-state index contributed by atoms with van der Waals surface area (Å²) in [7, 11) is 1.39. The van der Waals surface area contributed by atoms with E-state index in [-0.39, 0.29) is 11.9 Å². The number of nitrogens with one attached hydrogen (secondary N) is 1. The van der Waals surface area contributed by atoms with Gasteiger partial charge in [-0.05, 0) is 75.8 Å². The number of methoxy groups -OCH3 is 1.